The van der Waals surface area contributed by atoms with Gasteiger partial charge in [-0.1, -0.05) is 12.1 Å². The fourth-order valence-electron chi connectivity index (χ4n) is 0.475. The van der Waals surface area contributed by atoms with Crippen molar-refractivity contribution in [2.45, 2.75) is 0 Å². The molecule has 2 N–H and O–H groups in total. The van der Waals surface area contributed by atoms with Crippen LogP contribution in [0.4, 0.5) is 5.69 Å². The molecule has 0 saturated carbocycles. The average Bonchev–Trinajstić information content (AvgIpc) is 1.77. The van der Waals surface area contributed by atoms with Crippen LogP contribution in [0.25, 0.3) is 0 Å². The standard InChI is InChI=1S/C6H6BrN.2CH3.Mg/c7-5-3-1-2-4-6(5)8;;;/h1-4H,8H2;2*1H3;/q;2*-1;+2. The predicted molar refractivity (Wildman–Crippen MR) is 57.1 cm³/mol. The number of hydrogen-bond donors (Lipinski definition) is 1. The molecule has 1 aromatic carbocycles. The molecule has 0 bridgehead atoms. The third-order valence-corrected chi connectivity index (χ3v) is 1.63. The zero-order valence-corrected chi connectivity index (χ0v) is 9.97. The first-order valence-electron chi connectivity index (χ1n) is 2.31. The zero-order valence-electron chi connectivity index (χ0n) is 6.97. The Labute approximate surface area is 93.7 Å². The summed E-state index contributed by atoms with van der Waals surface area (Å²) in [5.41, 5.74) is 6.26. The van der Waals surface area contributed by atoms with Gasteiger partial charge in [-0.05, 0) is 28.1 Å². The van der Waals surface area contributed by atoms with E-state index in [0.29, 0.717) is 0 Å². The second kappa shape index (κ2) is 8.36. The number of benzene rings is 1. The van der Waals surface area contributed by atoms with Crippen molar-refractivity contribution in [1.82, 2.24) is 0 Å². The summed E-state index contributed by atoms with van der Waals surface area (Å²) in [6.07, 6.45) is 0. The van der Waals surface area contributed by atoms with Gasteiger partial charge in [-0.3, -0.25) is 0 Å². The van der Waals surface area contributed by atoms with Crippen LogP contribution in [0, 0.1) is 14.9 Å². The number of halogens is 1. The van der Waals surface area contributed by atoms with Gasteiger partial charge < -0.3 is 20.6 Å². The summed E-state index contributed by atoms with van der Waals surface area (Å²) in [5.74, 6) is 0. The molecule has 0 aromatic heterocycles. The summed E-state index contributed by atoms with van der Waals surface area (Å²) in [5, 5.41) is 0. The van der Waals surface area contributed by atoms with E-state index in [1.165, 1.54) is 0 Å². The largest absolute Gasteiger partial charge is 2.00 e. The van der Waals surface area contributed by atoms with Gasteiger partial charge in [0.25, 0.3) is 0 Å². The van der Waals surface area contributed by atoms with Gasteiger partial charge in [0.1, 0.15) is 0 Å². The van der Waals surface area contributed by atoms with E-state index in [2.05, 4.69) is 15.9 Å². The van der Waals surface area contributed by atoms with Gasteiger partial charge in [0, 0.05) is 10.2 Å². The second-order valence-electron chi connectivity index (χ2n) is 1.52. The van der Waals surface area contributed by atoms with Crippen LogP contribution in [0.15, 0.2) is 28.7 Å². The molecule has 0 aliphatic rings. The molecular formula is C8H12BrMgN. The van der Waals surface area contributed by atoms with Crippen molar-refractivity contribution in [3.05, 3.63) is 43.6 Å². The third kappa shape index (κ3) is 5.53. The maximum Gasteiger partial charge on any atom is 2.00 e. The van der Waals surface area contributed by atoms with Crippen LogP contribution in [-0.4, -0.2) is 23.1 Å². The van der Waals surface area contributed by atoms with E-state index in [-0.39, 0.29) is 37.9 Å². The van der Waals surface area contributed by atoms with Gasteiger partial charge in [-0.15, -0.1) is 0 Å². The van der Waals surface area contributed by atoms with E-state index in [1.807, 2.05) is 24.3 Å². The van der Waals surface area contributed by atoms with Crippen LogP contribution in [0.1, 0.15) is 0 Å². The van der Waals surface area contributed by atoms with Gasteiger partial charge >= 0.3 is 23.1 Å². The molecule has 0 spiro atoms. The van der Waals surface area contributed by atoms with Crippen LogP contribution in [-0.2, 0) is 0 Å². The van der Waals surface area contributed by atoms with Gasteiger partial charge in [0.05, 0.1) is 0 Å². The number of nitrogen functional groups attached to an aromatic ring is 1. The molecule has 0 aliphatic carbocycles. The Hall–Kier alpha value is 0.266. The fraction of sp³-hybridized carbons (Fsp3) is 0. The average molecular weight is 226 g/mol. The Morgan fingerprint density at radius 2 is 1.55 bits per heavy atom. The first kappa shape index (κ1) is 17.4. The molecule has 1 rings (SSSR count). The smallest absolute Gasteiger partial charge is 0.398 e. The molecule has 0 radical (unpaired) electrons. The van der Waals surface area contributed by atoms with E-state index >= 15 is 0 Å². The summed E-state index contributed by atoms with van der Waals surface area (Å²) in [4.78, 5) is 0. The van der Waals surface area contributed by atoms with Crippen molar-refractivity contribution in [3.8, 4) is 0 Å². The van der Waals surface area contributed by atoms with Crippen molar-refractivity contribution in [1.29, 1.82) is 0 Å². The van der Waals surface area contributed by atoms with Gasteiger partial charge in [0.2, 0.25) is 0 Å². The van der Waals surface area contributed by atoms with Crippen molar-refractivity contribution >= 4 is 44.7 Å². The van der Waals surface area contributed by atoms with Crippen LogP contribution in [0.3, 0.4) is 0 Å². The monoisotopic (exact) mass is 225 g/mol. The molecule has 0 atom stereocenters. The summed E-state index contributed by atoms with van der Waals surface area (Å²) >= 11 is 3.27. The predicted octanol–water partition coefficient (Wildman–Crippen LogP) is 2.55. The molecule has 0 amide bonds. The Balaban J connectivity index is -0.000000213. The van der Waals surface area contributed by atoms with E-state index in [1.54, 1.807) is 0 Å². The van der Waals surface area contributed by atoms with Gasteiger partial charge in [-0.25, -0.2) is 0 Å². The third-order valence-electron chi connectivity index (χ3n) is 0.905. The van der Waals surface area contributed by atoms with Crippen LogP contribution in [0.5, 0.6) is 0 Å². The molecule has 58 valence electrons. The number of anilines is 1. The van der Waals surface area contributed by atoms with Crippen LogP contribution >= 0.6 is 15.9 Å². The molecule has 0 heterocycles. The van der Waals surface area contributed by atoms with Crippen molar-refractivity contribution < 1.29 is 0 Å². The topological polar surface area (TPSA) is 26.0 Å². The minimum absolute atomic E-state index is 0. The summed E-state index contributed by atoms with van der Waals surface area (Å²) in [6, 6.07) is 7.60. The SMILES string of the molecule is Nc1ccccc1Br.[CH3-].[CH3-].[Mg+2]. The Morgan fingerprint density at radius 3 is 1.82 bits per heavy atom. The second-order valence-corrected chi connectivity index (χ2v) is 2.38. The Morgan fingerprint density at radius 1 is 1.09 bits per heavy atom. The fourth-order valence-corrected chi connectivity index (χ4v) is 0.760. The number of nitrogens with two attached hydrogens (primary N) is 1. The molecule has 0 fully saturated rings. The van der Waals surface area contributed by atoms with E-state index < -0.39 is 0 Å². The van der Waals surface area contributed by atoms with Crippen molar-refractivity contribution in [2.75, 3.05) is 5.73 Å². The minimum atomic E-state index is 0. The number of rotatable bonds is 0. The molecule has 0 aliphatic heterocycles. The molecule has 0 unspecified atom stereocenters. The van der Waals surface area contributed by atoms with E-state index in [0.717, 1.165) is 10.2 Å². The minimum Gasteiger partial charge on any atom is -0.398 e. The molecule has 1 aromatic rings. The first-order chi connectivity index (χ1) is 3.80. The zero-order chi connectivity index (χ0) is 5.98. The number of hydrogen-bond acceptors (Lipinski definition) is 1. The summed E-state index contributed by atoms with van der Waals surface area (Å²) in [7, 11) is 0. The van der Waals surface area contributed by atoms with E-state index in [4.69, 9.17) is 5.73 Å². The van der Waals surface area contributed by atoms with Crippen LogP contribution < -0.4 is 5.73 Å². The molecule has 0 saturated heterocycles. The maximum atomic E-state index is 5.47. The quantitative estimate of drug-likeness (QED) is 0.411. The Kier molecular flexibility index (Phi) is 13.2. The molecule has 3 heteroatoms. The van der Waals surface area contributed by atoms with E-state index in [9.17, 15) is 0 Å². The normalized spacial score (nSPS) is 6.64. The molecule has 11 heavy (non-hydrogen) atoms. The summed E-state index contributed by atoms with van der Waals surface area (Å²) in [6.45, 7) is 0. The van der Waals surface area contributed by atoms with Gasteiger partial charge in [0.15, 0.2) is 0 Å². The molecular weight excluding hydrogens is 214 g/mol. The van der Waals surface area contributed by atoms with Gasteiger partial charge in [-0.2, -0.15) is 0 Å². The maximum absolute atomic E-state index is 5.47. The number of para-hydroxylation sites is 1. The van der Waals surface area contributed by atoms with Crippen LogP contribution in [0.2, 0.25) is 0 Å². The summed E-state index contributed by atoms with van der Waals surface area (Å²) < 4.78 is 0.958. The first-order valence-corrected chi connectivity index (χ1v) is 3.10. The Bertz CT molecular complexity index is 170. The van der Waals surface area contributed by atoms with Crippen molar-refractivity contribution in [2.24, 2.45) is 0 Å². The van der Waals surface area contributed by atoms with Crippen molar-refractivity contribution in [3.63, 3.8) is 0 Å². The molecule has 1 nitrogen and oxygen atoms in total.